The molecular formula is C18H19FO. The molecule has 0 aromatic heterocycles. The molecule has 1 aliphatic carbocycles. The van der Waals surface area contributed by atoms with Crippen LogP contribution in [0.15, 0.2) is 42.5 Å². The zero-order valence-electron chi connectivity index (χ0n) is 11.5. The summed E-state index contributed by atoms with van der Waals surface area (Å²) < 4.78 is 12.9. The topological polar surface area (TPSA) is 20.2 Å². The molecule has 0 amide bonds. The fourth-order valence-electron chi connectivity index (χ4n) is 2.92. The van der Waals surface area contributed by atoms with E-state index in [-0.39, 0.29) is 5.82 Å². The molecular weight excluding hydrogens is 251 g/mol. The van der Waals surface area contributed by atoms with E-state index in [1.807, 2.05) is 6.07 Å². The van der Waals surface area contributed by atoms with Gasteiger partial charge in [-0.1, -0.05) is 30.3 Å². The molecule has 3 rings (SSSR count). The van der Waals surface area contributed by atoms with Gasteiger partial charge < -0.3 is 5.11 Å². The second-order valence-corrected chi connectivity index (χ2v) is 5.58. The van der Waals surface area contributed by atoms with E-state index in [1.54, 1.807) is 12.1 Å². The van der Waals surface area contributed by atoms with Gasteiger partial charge in [0.05, 0.1) is 6.10 Å². The van der Waals surface area contributed by atoms with Crippen molar-refractivity contribution < 1.29 is 9.50 Å². The van der Waals surface area contributed by atoms with Crippen molar-refractivity contribution in [1.29, 1.82) is 0 Å². The number of hydrogen-bond donors (Lipinski definition) is 1. The van der Waals surface area contributed by atoms with Gasteiger partial charge in [-0.05, 0) is 60.1 Å². The minimum atomic E-state index is -0.521. The second kappa shape index (κ2) is 5.76. The lowest BCUT2D eigenvalue weighted by Gasteiger charge is -2.18. The Morgan fingerprint density at radius 2 is 1.65 bits per heavy atom. The molecule has 20 heavy (non-hydrogen) atoms. The maximum absolute atomic E-state index is 12.9. The molecule has 0 fully saturated rings. The lowest BCUT2D eigenvalue weighted by Crippen LogP contribution is -2.07. The average molecular weight is 270 g/mol. The van der Waals surface area contributed by atoms with Crippen LogP contribution >= 0.6 is 0 Å². The largest absolute Gasteiger partial charge is 0.388 e. The van der Waals surface area contributed by atoms with Crippen LogP contribution in [-0.2, 0) is 19.3 Å². The number of rotatable bonds is 3. The van der Waals surface area contributed by atoms with Crippen molar-refractivity contribution in [2.24, 2.45) is 0 Å². The van der Waals surface area contributed by atoms with Gasteiger partial charge in [-0.15, -0.1) is 0 Å². The maximum Gasteiger partial charge on any atom is 0.123 e. The van der Waals surface area contributed by atoms with Gasteiger partial charge in [-0.2, -0.15) is 0 Å². The van der Waals surface area contributed by atoms with Gasteiger partial charge >= 0.3 is 0 Å². The average Bonchev–Trinajstić information content (AvgIpc) is 2.49. The van der Waals surface area contributed by atoms with E-state index in [2.05, 4.69) is 12.1 Å². The SMILES string of the molecule is OC(Cc1ccc(F)cc1)c1ccc2c(c1)CCCC2. The monoisotopic (exact) mass is 270 g/mol. The third kappa shape index (κ3) is 2.91. The molecule has 104 valence electrons. The molecule has 1 N–H and O–H groups in total. The first-order valence-corrected chi connectivity index (χ1v) is 7.26. The van der Waals surface area contributed by atoms with Crippen LogP contribution in [0, 0.1) is 5.82 Å². The number of halogens is 1. The zero-order valence-corrected chi connectivity index (χ0v) is 11.5. The molecule has 0 saturated heterocycles. The summed E-state index contributed by atoms with van der Waals surface area (Å²) >= 11 is 0. The molecule has 2 heteroatoms. The van der Waals surface area contributed by atoms with E-state index >= 15 is 0 Å². The zero-order chi connectivity index (χ0) is 13.9. The lowest BCUT2D eigenvalue weighted by molar-refractivity contribution is 0.178. The number of aliphatic hydroxyl groups is 1. The van der Waals surface area contributed by atoms with Gasteiger partial charge in [0.15, 0.2) is 0 Å². The van der Waals surface area contributed by atoms with Crippen LogP contribution in [0.1, 0.15) is 41.2 Å². The van der Waals surface area contributed by atoms with Gasteiger partial charge in [0.25, 0.3) is 0 Å². The first-order valence-electron chi connectivity index (χ1n) is 7.26. The first kappa shape index (κ1) is 13.3. The summed E-state index contributed by atoms with van der Waals surface area (Å²) in [6.45, 7) is 0. The quantitative estimate of drug-likeness (QED) is 0.894. The van der Waals surface area contributed by atoms with Gasteiger partial charge in [-0.3, -0.25) is 0 Å². The van der Waals surface area contributed by atoms with Crippen LogP contribution in [0.25, 0.3) is 0 Å². The molecule has 0 aliphatic heterocycles. The molecule has 1 nitrogen and oxygen atoms in total. The van der Waals surface area contributed by atoms with Crippen LogP contribution < -0.4 is 0 Å². The Labute approximate surface area is 119 Å². The van der Waals surface area contributed by atoms with E-state index in [0.717, 1.165) is 24.0 Å². The highest BCUT2D eigenvalue weighted by Crippen LogP contribution is 2.26. The Hall–Kier alpha value is -1.67. The molecule has 0 radical (unpaired) electrons. The van der Waals surface area contributed by atoms with E-state index in [1.165, 1.54) is 36.1 Å². The Morgan fingerprint density at radius 3 is 2.40 bits per heavy atom. The standard InChI is InChI=1S/C18H19FO/c19-17-9-5-13(6-10-17)11-18(20)16-8-7-14-3-1-2-4-15(14)12-16/h5-10,12,18,20H,1-4,11H2. The molecule has 1 unspecified atom stereocenters. The summed E-state index contributed by atoms with van der Waals surface area (Å²) in [5.74, 6) is -0.239. The number of aryl methyl sites for hydroxylation is 2. The van der Waals surface area contributed by atoms with Gasteiger partial charge in [-0.25, -0.2) is 4.39 Å². The molecule has 2 aromatic carbocycles. The molecule has 1 atom stereocenters. The van der Waals surface area contributed by atoms with Crippen molar-refractivity contribution >= 4 is 0 Å². The third-order valence-corrected chi connectivity index (χ3v) is 4.10. The Balaban J connectivity index is 1.76. The summed E-state index contributed by atoms with van der Waals surface area (Å²) in [5, 5.41) is 10.4. The predicted octanol–water partition coefficient (Wildman–Crippen LogP) is 3.98. The highest BCUT2D eigenvalue weighted by molar-refractivity contribution is 5.35. The van der Waals surface area contributed by atoms with Crippen LogP contribution in [0.3, 0.4) is 0 Å². The van der Waals surface area contributed by atoms with Gasteiger partial charge in [0.1, 0.15) is 5.82 Å². The minimum absolute atomic E-state index is 0.239. The van der Waals surface area contributed by atoms with Crippen LogP contribution in [0.5, 0.6) is 0 Å². The number of fused-ring (bicyclic) bond motifs is 1. The summed E-state index contributed by atoms with van der Waals surface area (Å²) in [7, 11) is 0. The summed E-state index contributed by atoms with van der Waals surface area (Å²) in [6, 6.07) is 12.7. The summed E-state index contributed by atoms with van der Waals surface area (Å²) in [6.07, 6.45) is 4.79. The Morgan fingerprint density at radius 1 is 0.950 bits per heavy atom. The minimum Gasteiger partial charge on any atom is -0.388 e. The number of benzene rings is 2. The van der Waals surface area contributed by atoms with Crippen molar-refractivity contribution in [1.82, 2.24) is 0 Å². The van der Waals surface area contributed by atoms with E-state index in [0.29, 0.717) is 6.42 Å². The summed E-state index contributed by atoms with van der Waals surface area (Å²) in [5.41, 5.74) is 4.73. The Bertz CT molecular complexity index is 589. The Kier molecular flexibility index (Phi) is 3.83. The number of aliphatic hydroxyl groups excluding tert-OH is 1. The lowest BCUT2D eigenvalue weighted by atomic mass is 9.89. The van der Waals surface area contributed by atoms with E-state index < -0.39 is 6.10 Å². The van der Waals surface area contributed by atoms with Gasteiger partial charge in [0, 0.05) is 6.42 Å². The van der Waals surface area contributed by atoms with Gasteiger partial charge in [0.2, 0.25) is 0 Å². The highest BCUT2D eigenvalue weighted by atomic mass is 19.1. The van der Waals surface area contributed by atoms with E-state index in [4.69, 9.17) is 0 Å². The fraction of sp³-hybridized carbons (Fsp3) is 0.333. The van der Waals surface area contributed by atoms with Crippen LogP contribution in [-0.4, -0.2) is 5.11 Å². The van der Waals surface area contributed by atoms with Crippen molar-refractivity contribution in [3.8, 4) is 0 Å². The second-order valence-electron chi connectivity index (χ2n) is 5.58. The van der Waals surface area contributed by atoms with Crippen molar-refractivity contribution in [2.45, 2.75) is 38.2 Å². The smallest absolute Gasteiger partial charge is 0.123 e. The van der Waals surface area contributed by atoms with Crippen LogP contribution in [0.4, 0.5) is 4.39 Å². The summed E-state index contributed by atoms with van der Waals surface area (Å²) in [4.78, 5) is 0. The molecule has 0 bridgehead atoms. The van der Waals surface area contributed by atoms with Crippen molar-refractivity contribution in [3.05, 3.63) is 70.5 Å². The first-order chi connectivity index (χ1) is 9.72. The number of hydrogen-bond acceptors (Lipinski definition) is 1. The molecule has 0 spiro atoms. The maximum atomic E-state index is 12.9. The van der Waals surface area contributed by atoms with Crippen molar-refractivity contribution in [3.63, 3.8) is 0 Å². The third-order valence-electron chi connectivity index (χ3n) is 4.10. The molecule has 0 saturated carbocycles. The highest BCUT2D eigenvalue weighted by Gasteiger charge is 2.14. The molecule has 2 aromatic rings. The van der Waals surface area contributed by atoms with E-state index in [9.17, 15) is 9.50 Å². The predicted molar refractivity (Wildman–Crippen MR) is 78.1 cm³/mol. The van der Waals surface area contributed by atoms with Crippen LogP contribution in [0.2, 0.25) is 0 Å². The van der Waals surface area contributed by atoms with Crippen molar-refractivity contribution in [2.75, 3.05) is 0 Å². The normalized spacial score (nSPS) is 15.7. The fourth-order valence-corrected chi connectivity index (χ4v) is 2.92. The molecule has 1 aliphatic rings. The molecule has 0 heterocycles.